The Bertz CT molecular complexity index is 603. The zero-order valence-electron chi connectivity index (χ0n) is 13.1. The van der Waals surface area contributed by atoms with Crippen molar-refractivity contribution in [2.75, 3.05) is 12.4 Å². The number of esters is 2. The first-order valence-corrected chi connectivity index (χ1v) is 8.08. The summed E-state index contributed by atoms with van der Waals surface area (Å²) in [5.41, 5.74) is 0.787. The normalized spacial score (nSPS) is 17.5. The molecule has 120 valence electrons. The highest BCUT2D eigenvalue weighted by atomic mass is 79.9. The maximum atomic E-state index is 12.2. The average Bonchev–Trinajstić information content (AvgIpc) is 2.44. The van der Waals surface area contributed by atoms with Gasteiger partial charge in [-0.25, -0.2) is 9.59 Å². The fourth-order valence-electron chi connectivity index (χ4n) is 2.25. The molecule has 0 saturated heterocycles. The third-order valence-corrected chi connectivity index (χ3v) is 3.88. The van der Waals surface area contributed by atoms with Crippen LogP contribution >= 0.6 is 15.9 Å². The highest BCUT2D eigenvalue weighted by molar-refractivity contribution is 9.09. The summed E-state index contributed by atoms with van der Waals surface area (Å²) in [6.07, 6.45) is 0.311. The van der Waals surface area contributed by atoms with Crippen molar-refractivity contribution < 1.29 is 23.8 Å². The van der Waals surface area contributed by atoms with Crippen molar-refractivity contribution in [3.63, 3.8) is 0 Å². The van der Waals surface area contributed by atoms with Gasteiger partial charge in [0, 0.05) is 17.3 Å². The maximum absolute atomic E-state index is 12.2. The molecule has 5 nitrogen and oxygen atoms in total. The molecular weight excluding hydrogens is 352 g/mol. The molecule has 1 aliphatic heterocycles. The molecule has 0 aromatic heterocycles. The molecule has 0 saturated carbocycles. The van der Waals surface area contributed by atoms with Gasteiger partial charge in [-0.2, -0.15) is 0 Å². The number of rotatable bonds is 3. The van der Waals surface area contributed by atoms with Crippen molar-refractivity contribution in [2.45, 2.75) is 38.9 Å². The lowest BCUT2D eigenvalue weighted by atomic mass is 9.95. The third-order valence-electron chi connectivity index (χ3n) is 3.16. The summed E-state index contributed by atoms with van der Waals surface area (Å²) in [6.45, 7) is 5.36. The van der Waals surface area contributed by atoms with Crippen molar-refractivity contribution in [3.05, 3.63) is 28.8 Å². The largest absolute Gasteiger partial charge is 0.496 e. The average molecular weight is 371 g/mol. The number of halogens is 1. The fourth-order valence-corrected chi connectivity index (χ4v) is 2.61. The molecule has 0 radical (unpaired) electrons. The van der Waals surface area contributed by atoms with E-state index in [0.29, 0.717) is 23.1 Å². The molecule has 6 heteroatoms. The lowest BCUT2D eigenvalue weighted by molar-refractivity contribution is 0.00691. The van der Waals surface area contributed by atoms with Gasteiger partial charge in [-0.05, 0) is 32.9 Å². The second-order valence-electron chi connectivity index (χ2n) is 6.09. The van der Waals surface area contributed by atoms with E-state index in [0.717, 1.165) is 5.56 Å². The fraction of sp³-hybridized carbons (Fsp3) is 0.500. The van der Waals surface area contributed by atoms with E-state index in [-0.39, 0.29) is 11.7 Å². The predicted molar refractivity (Wildman–Crippen MR) is 84.9 cm³/mol. The van der Waals surface area contributed by atoms with Crippen molar-refractivity contribution in [2.24, 2.45) is 0 Å². The molecule has 0 aliphatic carbocycles. The van der Waals surface area contributed by atoms with E-state index in [9.17, 15) is 9.59 Å². The summed E-state index contributed by atoms with van der Waals surface area (Å²) in [7, 11) is 1.51. The van der Waals surface area contributed by atoms with Gasteiger partial charge in [-0.15, -0.1) is 0 Å². The van der Waals surface area contributed by atoms with Crippen LogP contribution in [0.1, 0.15) is 47.1 Å². The lowest BCUT2D eigenvalue weighted by Gasteiger charge is -2.26. The van der Waals surface area contributed by atoms with Crippen molar-refractivity contribution >= 4 is 27.9 Å². The summed E-state index contributed by atoms with van der Waals surface area (Å²) in [6, 6.07) is 3.12. The van der Waals surface area contributed by atoms with Crippen LogP contribution in [-0.2, 0) is 15.9 Å². The van der Waals surface area contributed by atoms with Gasteiger partial charge in [0.2, 0.25) is 0 Å². The molecule has 1 aromatic rings. The number of benzene rings is 1. The molecule has 1 aliphatic rings. The highest BCUT2D eigenvalue weighted by Gasteiger charge is 2.30. The molecule has 22 heavy (non-hydrogen) atoms. The van der Waals surface area contributed by atoms with Gasteiger partial charge in [-0.3, -0.25) is 0 Å². The van der Waals surface area contributed by atoms with Crippen LogP contribution in [0.15, 0.2) is 12.1 Å². The molecule has 0 bridgehead atoms. The van der Waals surface area contributed by atoms with Crippen molar-refractivity contribution in [1.82, 2.24) is 0 Å². The number of hydrogen-bond acceptors (Lipinski definition) is 5. The Morgan fingerprint density at radius 3 is 2.64 bits per heavy atom. The standard InChI is InChI=1S/C16H19BrO5/c1-16(2,3)22-14(18)9-5-12-11(13(6-9)20-4)7-10(8-17)21-15(12)19/h5-6,10H,7-8H2,1-4H3. The molecule has 0 N–H and O–H groups in total. The predicted octanol–water partition coefficient (Wildman–Crippen LogP) is 3.13. The number of carbonyl (C=O) groups excluding carboxylic acids is 2. The number of cyclic esters (lactones) is 1. The minimum Gasteiger partial charge on any atom is -0.496 e. The first-order chi connectivity index (χ1) is 10.2. The van der Waals surface area contributed by atoms with Gasteiger partial charge in [0.1, 0.15) is 17.5 Å². The molecule has 1 unspecified atom stereocenters. The van der Waals surface area contributed by atoms with Crippen LogP contribution in [0.4, 0.5) is 0 Å². The summed E-state index contributed by atoms with van der Waals surface area (Å²) in [5.74, 6) is -0.445. The molecule has 0 fully saturated rings. The number of methoxy groups -OCH3 is 1. The van der Waals surface area contributed by atoms with E-state index in [4.69, 9.17) is 14.2 Å². The van der Waals surface area contributed by atoms with Gasteiger partial charge in [0.05, 0.1) is 18.2 Å². The smallest absolute Gasteiger partial charge is 0.338 e. The van der Waals surface area contributed by atoms with E-state index in [1.165, 1.54) is 13.2 Å². The Hall–Kier alpha value is -1.56. The quantitative estimate of drug-likeness (QED) is 0.604. The van der Waals surface area contributed by atoms with Gasteiger partial charge in [0.25, 0.3) is 0 Å². The third kappa shape index (κ3) is 3.61. The van der Waals surface area contributed by atoms with Crippen molar-refractivity contribution in [1.29, 1.82) is 0 Å². The highest BCUT2D eigenvalue weighted by Crippen LogP contribution is 2.32. The zero-order chi connectivity index (χ0) is 16.5. The van der Waals surface area contributed by atoms with E-state index >= 15 is 0 Å². The number of hydrogen-bond donors (Lipinski definition) is 0. The molecular formula is C16H19BrO5. The molecule has 0 amide bonds. The van der Waals surface area contributed by atoms with Crippen LogP contribution < -0.4 is 4.74 Å². The second-order valence-corrected chi connectivity index (χ2v) is 6.74. The Labute approximate surface area is 138 Å². The Balaban J connectivity index is 2.43. The van der Waals surface area contributed by atoms with Crippen LogP contribution in [0.3, 0.4) is 0 Å². The summed E-state index contributed by atoms with van der Waals surface area (Å²) >= 11 is 3.32. The second kappa shape index (κ2) is 6.28. The summed E-state index contributed by atoms with van der Waals surface area (Å²) in [5, 5.41) is 0.551. The lowest BCUT2D eigenvalue weighted by Crippen LogP contribution is -2.30. The van der Waals surface area contributed by atoms with Gasteiger partial charge in [0.15, 0.2) is 0 Å². The maximum Gasteiger partial charge on any atom is 0.338 e. The molecule has 0 spiro atoms. The first kappa shape index (κ1) is 16.8. The number of alkyl halides is 1. The molecule has 1 atom stereocenters. The van der Waals surface area contributed by atoms with Gasteiger partial charge >= 0.3 is 11.9 Å². The van der Waals surface area contributed by atoms with Crippen LogP contribution in [0.25, 0.3) is 0 Å². The Morgan fingerprint density at radius 2 is 2.09 bits per heavy atom. The van der Waals surface area contributed by atoms with E-state index in [1.54, 1.807) is 26.8 Å². The minimum absolute atomic E-state index is 0.235. The summed E-state index contributed by atoms with van der Waals surface area (Å²) < 4.78 is 16.0. The minimum atomic E-state index is -0.609. The number of fused-ring (bicyclic) bond motifs is 1. The van der Waals surface area contributed by atoms with Gasteiger partial charge < -0.3 is 14.2 Å². The van der Waals surface area contributed by atoms with E-state index in [2.05, 4.69) is 15.9 Å². The topological polar surface area (TPSA) is 61.8 Å². The monoisotopic (exact) mass is 370 g/mol. The molecule has 2 rings (SSSR count). The number of carbonyl (C=O) groups is 2. The zero-order valence-corrected chi connectivity index (χ0v) is 14.7. The number of ether oxygens (including phenoxy) is 3. The van der Waals surface area contributed by atoms with Gasteiger partial charge in [-0.1, -0.05) is 15.9 Å². The van der Waals surface area contributed by atoms with Crippen LogP contribution in [0, 0.1) is 0 Å². The van der Waals surface area contributed by atoms with Crippen molar-refractivity contribution in [3.8, 4) is 5.75 Å². The Kier molecular flexibility index (Phi) is 4.80. The van der Waals surface area contributed by atoms with Crippen LogP contribution in [0.5, 0.6) is 5.75 Å². The Morgan fingerprint density at radius 1 is 1.41 bits per heavy atom. The van der Waals surface area contributed by atoms with Crippen LogP contribution in [-0.4, -0.2) is 36.1 Å². The first-order valence-electron chi connectivity index (χ1n) is 6.96. The molecule has 1 aromatic carbocycles. The van der Waals surface area contributed by atoms with Crippen LogP contribution in [0.2, 0.25) is 0 Å². The summed E-state index contributed by atoms with van der Waals surface area (Å²) in [4.78, 5) is 24.3. The van der Waals surface area contributed by atoms with E-state index in [1.807, 2.05) is 0 Å². The SMILES string of the molecule is COc1cc(C(=O)OC(C)(C)C)cc2c1CC(CBr)OC2=O. The molecule has 1 heterocycles. The van der Waals surface area contributed by atoms with E-state index < -0.39 is 17.5 Å².